The van der Waals surface area contributed by atoms with Crippen molar-refractivity contribution in [1.29, 1.82) is 0 Å². The summed E-state index contributed by atoms with van der Waals surface area (Å²) in [5.74, 6) is -1.11. The molecule has 2 rings (SSSR count). The average molecular weight is 305 g/mol. The summed E-state index contributed by atoms with van der Waals surface area (Å²) in [6.45, 7) is 1.71. The first-order chi connectivity index (χ1) is 8.34. The SMILES string of the molecule is Cc1c(Cl)c(S(C)=O)nc2sc(C(=O)O)c(N)c12. The lowest BCUT2D eigenvalue weighted by Crippen LogP contribution is -1.99. The quantitative estimate of drug-likeness (QED) is 0.887. The number of carbonyl (C=O) groups is 1. The van der Waals surface area contributed by atoms with E-state index in [4.69, 9.17) is 22.4 Å². The summed E-state index contributed by atoms with van der Waals surface area (Å²) in [7, 11) is -1.34. The molecule has 0 saturated carbocycles. The third-order valence-corrected chi connectivity index (χ3v) is 4.99. The summed E-state index contributed by atoms with van der Waals surface area (Å²) in [4.78, 5) is 15.6. The maximum Gasteiger partial charge on any atom is 0.348 e. The van der Waals surface area contributed by atoms with Gasteiger partial charge >= 0.3 is 5.97 Å². The molecule has 0 aliphatic heterocycles. The first-order valence-corrected chi connectivity index (χ1v) is 7.54. The first-order valence-electron chi connectivity index (χ1n) is 4.79. The molecule has 0 aromatic carbocycles. The Morgan fingerprint density at radius 2 is 2.17 bits per heavy atom. The summed E-state index contributed by atoms with van der Waals surface area (Å²) >= 11 is 7.03. The zero-order chi connectivity index (χ0) is 13.6. The molecular weight excluding hydrogens is 296 g/mol. The second-order valence-corrected chi connectivity index (χ2v) is 6.31. The molecule has 0 radical (unpaired) electrons. The highest BCUT2D eigenvalue weighted by molar-refractivity contribution is 7.84. The van der Waals surface area contributed by atoms with Crippen LogP contribution in [0.4, 0.5) is 5.69 Å². The molecule has 5 nitrogen and oxygen atoms in total. The first kappa shape index (κ1) is 13.3. The standard InChI is InChI=1S/C10H9ClN2O3S2/c1-3-4-6(12)7(10(14)15)17-8(4)13-9(5(3)11)18(2)16/h12H2,1-2H3,(H,14,15). The topological polar surface area (TPSA) is 93.3 Å². The number of halogens is 1. The van der Waals surface area contributed by atoms with Crippen molar-refractivity contribution in [1.82, 2.24) is 4.98 Å². The van der Waals surface area contributed by atoms with Crippen molar-refractivity contribution in [2.24, 2.45) is 0 Å². The molecular formula is C10H9ClN2O3S2. The Balaban J connectivity index is 2.92. The molecule has 8 heteroatoms. The van der Waals surface area contributed by atoms with Crippen molar-refractivity contribution < 1.29 is 14.1 Å². The molecule has 0 saturated heterocycles. The number of carboxylic acid groups (broad SMARTS) is 1. The zero-order valence-electron chi connectivity index (χ0n) is 9.48. The van der Waals surface area contributed by atoms with Gasteiger partial charge in [-0.05, 0) is 12.5 Å². The van der Waals surface area contributed by atoms with Crippen molar-refractivity contribution in [3.8, 4) is 0 Å². The molecule has 0 fully saturated rings. The second-order valence-electron chi connectivity index (χ2n) is 3.64. The van der Waals surface area contributed by atoms with Gasteiger partial charge in [-0.15, -0.1) is 11.3 Å². The highest BCUT2D eigenvalue weighted by Crippen LogP contribution is 2.38. The van der Waals surface area contributed by atoms with E-state index in [1.807, 2.05) is 0 Å². The van der Waals surface area contributed by atoms with E-state index in [0.29, 0.717) is 15.8 Å². The molecule has 0 aliphatic rings. The van der Waals surface area contributed by atoms with Gasteiger partial charge in [-0.3, -0.25) is 4.21 Å². The normalized spacial score (nSPS) is 12.8. The van der Waals surface area contributed by atoms with E-state index in [1.54, 1.807) is 6.92 Å². The van der Waals surface area contributed by atoms with Crippen LogP contribution in [-0.2, 0) is 10.8 Å². The van der Waals surface area contributed by atoms with E-state index >= 15 is 0 Å². The van der Waals surface area contributed by atoms with Crippen LogP contribution in [0.3, 0.4) is 0 Å². The number of anilines is 1. The number of hydrogen-bond donors (Lipinski definition) is 2. The van der Waals surface area contributed by atoms with E-state index in [0.717, 1.165) is 11.3 Å². The number of hydrogen-bond acceptors (Lipinski definition) is 5. The van der Waals surface area contributed by atoms with Gasteiger partial charge in [0.2, 0.25) is 0 Å². The lowest BCUT2D eigenvalue weighted by molar-refractivity contribution is 0.0703. The van der Waals surface area contributed by atoms with E-state index < -0.39 is 16.8 Å². The fraction of sp³-hybridized carbons (Fsp3) is 0.200. The van der Waals surface area contributed by atoms with Crippen molar-refractivity contribution >= 4 is 55.6 Å². The number of pyridine rings is 1. The highest BCUT2D eigenvalue weighted by Gasteiger charge is 2.21. The van der Waals surface area contributed by atoms with Gasteiger partial charge in [0, 0.05) is 11.6 Å². The van der Waals surface area contributed by atoms with Gasteiger partial charge in [0.05, 0.1) is 21.5 Å². The number of thiophene rings is 1. The number of fused-ring (bicyclic) bond motifs is 1. The largest absolute Gasteiger partial charge is 0.477 e. The van der Waals surface area contributed by atoms with Crippen LogP contribution in [0.5, 0.6) is 0 Å². The molecule has 0 spiro atoms. The molecule has 2 aromatic rings. The van der Waals surface area contributed by atoms with Crippen LogP contribution >= 0.6 is 22.9 Å². The molecule has 18 heavy (non-hydrogen) atoms. The van der Waals surface area contributed by atoms with Gasteiger partial charge in [0.1, 0.15) is 14.7 Å². The second kappa shape index (κ2) is 4.49. The van der Waals surface area contributed by atoms with Crippen molar-refractivity contribution in [2.75, 3.05) is 12.0 Å². The molecule has 1 unspecified atom stereocenters. The number of carboxylic acids is 1. The van der Waals surface area contributed by atoms with Gasteiger partial charge < -0.3 is 10.8 Å². The van der Waals surface area contributed by atoms with Gasteiger partial charge in [-0.1, -0.05) is 11.6 Å². The van der Waals surface area contributed by atoms with E-state index in [9.17, 15) is 9.00 Å². The summed E-state index contributed by atoms with van der Waals surface area (Å²) in [5, 5.41) is 10.1. The Morgan fingerprint density at radius 3 is 2.67 bits per heavy atom. The Morgan fingerprint density at radius 1 is 1.56 bits per heavy atom. The number of aromatic carboxylic acids is 1. The smallest absolute Gasteiger partial charge is 0.348 e. The molecule has 3 N–H and O–H groups in total. The summed E-state index contributed by atoms with van der Waals surface area (Å²) in [6.07, 6.45) is 1.47. The monoisotopic (exact) mass is 304 g/mol. The number of rotatable bonds is 2. The third kappa shape index (κ3) is 1.88. The lowest BCUT2D eigenvalue weighted by Gasteiger charge is -2.05. The Hall–Kier alpha value is -1.18. The number of nitrogens with two attached hydrogens (primary N) is 1. The van der Waals surface area contributed by atoms with Crippen LogP contribution in [0, 0.1) is 6.92 Å². The fourth-order valence-electron chi connectivity index (χ4n) is 1.63. The summed E-state index contributed by atoms with van der Waals surface area (Å²) < 4.78 is 11.5. The minimum absolute atomic E-state index is 0.0238. The van der Waals surface area contributed by atoms with Gasteiger partial charge in [0.15, 0.2) is 0 Å². The van der Waals surface area contributed by atoms with Crippen LogP contribution in [0.25, 0.3) is 10.2 Å². The lowest BCUT2D eigenvalue weighted by atomic mass is 10.2. The van der Waals surface area contributed by atoms with E-state index in [2.05, 4.69) is 4.98 Å². The fourth-order valence-corrected chi connectivity index (χ4v) is 3.77. The molecule has 96 valence electrons. The minimum atomic E-state index is -1.34. The highest BCUT2D eigenvalue weighted by atomic mass is 35.5. The molecule has 0 amide bonds. The number of aromatic nitrogens is 1. The number of aryl methyl sites for hydroxylation is 1. The average Bonchev–Trinajstić information content (AvgIpc) is 2.61. The molecule has 2 heterocycles. The maximum atomic E-state index is 11.5. The van der Waals surface area contributed by atoms with Crippen LogP contribution in [0.15, 0.2) is 5.03 Å². The van der Waals surface area contributed by atoms with Gasteiger partial charge in [-0.25, -0.2) is 9.78 Å². The molecule has 2 aromatic heterocycles. The predicted molar refractivity (Wildman–Crippen MR) is 73.1 cm³/mol. The van der Waals surface area contributed by atoms with Crippen molar-refractivity contribution in [2.45, 2.75) is 11.9 Å². The Bertz CT molecular complexity index is 696. The molecule has 0 aliphatic carbocycles. The van der Waals surface area contributed by atoms with Crippen molar-refractivity contribution in [3.05, 3.63) is 15.5 Å². The molecule has 1 atom stereocenters. The van der Waals surface area contributed by atoms with Crippen LogP contribution < -0.4 is 5.73 Å². The molecule has 0 bridgehead atoms. The maximum absolute atomic E-state index is 11.5. The Kier molecular flexibility index (Phi) is 3.31. The van der Waals surface area contributed by atoms with Crippen molar-refractivity contribution in [3.63, 3.8) is 0 Å². The number of nitrogens with zero attached hydrogens (tertiary/aromatic N) is 1. The minimum Gasteiger partial charge on any atom is -0.477 e. The predicted octanol–water partition coefficient (Wildman–Crippen LogP) is 2.28. The zero-order valence-corrected chi connectivity index (χ0v) is 11.9. The van der Waals surface area contributed by atoms with E-state index in [-0.39, 0.29) is 20.6 Å². The summed E-state index contributed by atoms with van der Waals surface area (Å²) in [6, 6.07) is 0. The van der Waals surface area contributed by atoms with Crippen LogP contribution in [-0.4, -0.2) is 26.5 Å². The van der Waals surface area contributed by atoms with Gasteiger partial charge in [-0.2, -0.15) is 0 Å². The van der Waals surface area contributed by atoms with Gasteiger partial charge in [0.25, 0.3) is 0 Å². The summed E-state index contributed by atoms with van der Waals surface area (Å²) in [5.41, 5.74) is 6.55. The third-order valence-electron chi connectivity index (χ3n) is 2.49. The van der Waals surface area contributed by atoms with Crippen LogP contribution in [0.2, 0.25) is 5.02 Å². The number of nitrogen functional groups attached to an aromatic ring is 1. The Labute approximate surface area is 114 Å². The van der Waals surface area contributed by atoms with Crippen LogP contribution in [0.1, 0.15) is 15.2 Å². The van der Waals surface area contributed by atoms with E-state index in [1.165, 1.54) is 6.26 Å².